The lowest BCUT2D eigenvalue weighted by molar-refractivity contribution is -0.137. The van der Waals surface area contributed by atoms with E-state index in [0.29, 0.717) is 28.7 Å². The van der Waals surface area contributed by atoms with E-state index in [1.54, 1.807) is 24.4 Å². The van der Waals surface area contributed by atoms with Crippen molar-refractivity contribution in [2.24, 2.45) is 4.99 Å². The Morgan fingerprint density at radius 3 is 2.77 bits per heavy atom. The van der Waals surface area contributed by atoms with Crippen molar-refractivity contribution in [1.82, 2.24) is 15.0 Å². The van der Waals surface area contributed by atoms with Gasteiger partial charge < -0.3 is 10.2 Å². The molecule has 0 fully saturated rings. The van der Waals surface area contributed by atoms with Crippen molar-refractivity contribution in [2.75, 3.05) is 16.8 Å². The van der Waals surface area contributed by atoms with Crippen molar-refractivity contribution in [2.45, 2.75) is 32.5 Å². The summed E-state index contributed by atoms with van der Waals surface area (Å²) in [6.07, 6.45) is -0.529. The van der Waals surface area contributed by atoms with Crippen LogP contribution in [0, 0.1) is 0 Å². The van der Waals surface area contributed by atoms with E-state index in [1.807, 2.05) is 17.9 Å². The first-order chi connectivity index (χ1) is 14.8. The van der Waals surface area contributed by atoms with Gasteiger partial charge in [0.15, 0.2) is 11.6 Å². The van der Waals surface area contributed by atoms with Crippen LogP contribution in [0.25, 0.3) is 11.3 Å². The summed E-state index contributed by atoms with van der Waals surface area (Å²) in [6, 6.07) is 10.6. The summed E-state index contributed by atoms with van der Waals surface area (Å²) < 4.78 is 39.5. The second kappa shape index (κ2) is 8.33. The molecule has 1 N–H and O–H groups in total. The van der Waals surface area contributed by atoms with Gasteiger partial charge in [0, 0.05) is 30.4 Å². The molecule has 6 nitrogen and oxygen atoms in total. The van der Waals surface area contributed by atoms with E-state index in [4.69, 9.17) is 4.98 Å². The molecule has 0 bridgehead atoms. The normalized spacial score (nSPS) is 17.0. The first-order valence-corrected chi connectivity index (χ1v) is 9.86. The SMILES string of the molecule is CC(=Nc1ccncn1)N1c2nc(-c3cccc(C(F)(F)F)c3)ccc2NCC[C@@H]1C. The van der Waals surface area contributed by atoms with Crippen LogP contribution in [0.4, 0.5) is 30.5 Å². The Morgan fingerprint density at radius 2 is 2.03 bits per heavy atom. The summed E-state index contributed by atoms with van der Waals surface area (Å²) in [5.74, 6) is 1.83. The molecule has 0 spiro atoms. The van der Waals surface area contributed by atoms with Crippen LogP contribution in [-0.2, 0) is 6.18 Å². The molecule has 3 aromatic rings. The van der Waals surface area contributed by atoms with Crippen LogP contribution in [0.5, 0.6) is 0 Å². The third-order valence-electron chi connectivity index (χ3n) is 5.10. The molecule has 0 amide bonds. The Labute approximate surface area is 177 Å². The van der Waals surface area contributed by atoms with E-state index in [2.05, 4.69) is 27.2 Å². The second-order valence-electron chi connectivity index (χ2n) is 7.31. The van der Waals surface area contributed by atoms with E-state index in [0.717, 1.165) is 30.8 Å². The lowest BCUT2D eigenvalue weighted by atomic mass is 10.1. The summed E-state index contributed by atoms with van der Waals surface area (Å²) >= 11 is 0. The molecule has 9 heteroatoms. The average molecular weight is 426 g/mol. The van der Waals surface area contributed by atoms with Crippen molar-refractivity contribution in [3.05, 3.63) is 60.6 Å². The van der Waals surface area contributed by atoms with Crippen LogP contribution in [0.15, 0.2) is 60.0 Å². The number of amidine groups is 1. The molecule has 160 valence electrons. The monoisotopic (exact) mass is 426 g/mol. The van der Waals surface area contributed by atoms with Gasteiger partial charge in [0.05, 0.1) is 16.9 Å². The third-order valence-corrected chi connectivity index (χ3v) is 5.10. The topological polar surface area (TPSA) is 66.3 Å². The number of rotatable bonds is 2. The number of fused-ring (bicyclic) bond motifs is 1. The van der Waals surface area contributed by atoms with Crippen molar-refractivity contribution < 1.29 is 13.2 Å². The minimum absolute atomic E-state index is 0.0728. The Hall–Kier alpha value is -3.49. The molecule has 1 aliphatic rings. The molecule has 1 atom stereocenters. The minimum Gasteiger partial charge on any atom is -0.382 e. The Bertz CT molecular complexity index is 1100. The predicted octanol–water partition coefficient (Wildman–Crippen LogP) is 5.32. The van der Waals surface area contributed by atoms with Gasteiger partial charge in [-0.15, -0.1) is 0 Å². The Kier molecular flexibility index (Phi) is 5.58. The van der Waals surface area contributed by atoms with Crippen LogP contribution in [0.3, 0.4) is 0 Å². The zero-order chi connectivity index (χ0) is 22.0. The minimum atomic E-state index is -4.41. The molecule has 0 unspecified atom stereocenters. The first-order valence-electron chi connectivity index (χ1n) is 9.86. The van der Waals surface area contributed by atoms with Gasteiger partial charge in [-0.05, 0) is 44.5 Å². The standard InChI is InChI=1S/C22H21F3N6/c1-14-8-11-27-19-7-6-18(16-4-3-5-17(12-16)22(23,24)25)30-21(19)31(14)15(2)29-20-9-10-26-13-28-20/h3-7,9-10,12-14,27H,8,11H2,1-2H3/t14-/m0/s1. The molecule has 0 aliphatic carbocycles. The first kappa shape index (κ1) is 20.8. The molecule has 31 heavy (non-hydrogen) atoms. The molecule has 2 aromatic heterocycles. The number of nitrogens with one attached hydrogen (secondary N) is 1. The van der Waals surface area contributed by atoms with Crippen LogP contribution >= 0.6 is 0 Å². The number of anilines is 2. The van der Waals surface area contributed by atoms with Crippen LogP contribution < -0.4 is 10.2 Å². The number of aromatic nitrogens is 3. The molecule has 3 heterocycles. The molecule has 0 saturated heterocycles. The molecule has 0 radical (unpaired) electrons. The van der Waals surface area contributed by atoms with Crippen LogP contribution in [0.2, 0.25) is 0 Å². The summed E-state index contributed by atoms with van der Waals surface area (Å²) in [4.78, 5) is 19.4. The van der Waals surface area contributed by atoms with Crippen molar-refractivity contribution in [1.29, 1.82) is 0 Å². The fraction of sp³-hybridized carbons (Fsp3) is 0.273. The predicted molar refractivity (Wildman–Crippen MR) is 115 cm³/mol. The van der Waals surface area contributed by atoms with Gasteiger partial charge in [-0.2, -0.15) is 13.2 Å². The fourth-order valence-electron chi connectivity index (χ4n) is 3.58. The number of benzene rings is 1. The highest BCUT2D eigenvalue weighted by Crippen LogP contribution is 2.35. The number of pyridine rings is 1. The van der Waals surface area contributed by atoms with E-state index < -0.39 is 11.7 Å². The summed E-state index contributed by atoms with van der Waals surface area (Å²) in [5, 5.41) is 3.35. The lowest BCUT2D eigenvalue weighted by Crippen LogP contribution is -2.37. The molecular weight excluding hydrogens is 405 g/mol. The van der Waals surface area contributed by atoms with Gasteiger partial charge in [-0.25, -0.2) is 19.9 Å². The fourth-order valence-corrected chi connectivity index (χ4v) is 3.58. The van der Waals surface area contributed by atoms with Gasteiger partial charge in [0.25, 0.3) is 0 Å². The van der Waals surface area contributed by atoms with E-state index >= 15 is 0 Å². The maximum atomic E-state index is 13.2. The maximum Gasteiger partial charge on any atom is 0.416 e. The smallest absolute Gasteiger partial charge is 0.382 e. The Balaban J connectivity index is 1.79. The molecule has 1 aliphatic heterocycles. The number of halogens is 3. The quantitative estimate of drug-likeness (QED) is 0.444. The molecular formula is C22H21F3N6. The molecule has 1 aromatic carbocycles. The van der Waals surface area contributed by atoms with Crippen molar-refractivity contribution in [3.63, 3.8) is 0 Å². The number of hydrogen-bond acceptors (Lipinski definition) is 5. The highest BCUT2D eigenvalue weighted by Gasteiger charge is 2.31. The largest absolute Gasteiger partial charge is 0.416 e. The van der Waals surface area contributed by atoms with E-state index in [-0.39, 0.29) is 6.04 Å². The van der Waals surface area contributed by atoms with Crippen LogP contribution in [0.1, 0.15) is 25.8 Å². The van der Waals surface area contributed by atoms with Crippen molar-refractivity contribution in [3.8, 4) is 11.3 Å². The van der Waals surface area contributed by atoms with Gasteiger partial charge in [-0.3, -0.25) is 0 Å². The van der Waals surface area contributed by atoms with Crippen molar-refractivity contribution >= 4 is 23.2 Å². The number of aliphatic imine (C=N–C) groups is 1. The zero-order valence-electron chi connectivity index (χ0n) is 17.1. The number of alkyl halides is 3. The lowest BCUT2D eigenvalue weighted by Gasteiger charge is -2.29. The van der Waals surface area contributed by atoms with Crippen LogP contribution in [-0.4, -0.2) is 33.4 Å². The van der Waals surface area contributed by atoms with Gasteiger partial charge in [0.1, 0.15) is 12.2 Å². The van der Waals surface area contributed by atoms with E-state index in [1.165, 1.54) is 12.4 Å². The Morgan fingerprint density at radius 1 is 1.19 bits per heavy atom. The van der Waals surface area contributed by atoms with Gasteiger partial charge >= 0.3 is 6.18 Å². The number of nitrogens with zero attached hydrogens (tertiary/aromatic N) is 5. The highest BCUT2D eigenvalue weighted by atomic mass is 19.4. The van der Waals surface area contributed by atoms with Gasteiger partial charge in [0.2, 0.25) is 0 Å². The average Bonchev–Trinajstić information content (AvgIpc) is 2.91. The zero-order valence-corrected chi connectivity index (χ0v) is 17.1. The molecule has 4 rings (SSSR count). The van der Waals surface area contributed by atoms with E-state index in [9.17, 15) is 13.2 Å². The maximum absolute atomic E-state index is 13.2. The number of hydrogen-bond donors (Lipinski definition) is 1. The molecule has 0 saturated carbocycles. The highest BCUT2D eigenvalue weighted by molar-refractivity contribution is 6.00. The second-order valence-corrected chi connectivity index (χ2v) is 7.31. The summed E-state index contributed by atoms with van der Waals surface area (Å²) in [7, 11) is 0. The summed E-state index contributed by atoms with van der Waals surface area (Å²) in [6.45, 7) is 4.68. The van der Waals surface area contributed by atoms with Gasteiger partial charge in [-0.1, -0.05) is 12.1 Å². The third kappa shape index (κ3) is 4.50. The summed E-state index contributed by atoms with van der Waals surface area (Å²) in [5.41, 5.74) is 0.962.